The molecule has 1 heterocycles. The van der Waals surface area contributed by atoms with Crippen LogP contribution in [-0.2, 0) is 12.8 Å². The molecule has 0 fully saturated rings. The number of aromatic nitrogens is 1. The van der Waals surface area contributed by atoms with Gasteiger partial charge in [0.25, 0.3) is 5.91 Å². The molecule has 3 aromatic rings. The molecule has 2 aromatic carbocycles. The lowest BCUT2D eigenvalue weighted by molar-refractivity contribution is 0.0953. The Labute approximate surface area is 142 Å². The standard InChI is InChI=1S/C21H20N2O/c24-21(23-15-13-19-11-6-7-14-22-19)20-12-5-4-10-18(20)16-17-8-2-1-3-9-17/h1-12,14H,13,15-16H2,(H,23,24). The lowest BCUT2D eigenvalue weighted by Gasteiger charge is -2.10. The maximum atomic E-state index is 12.5. The van der Waals surface area contributed by atoms with Gasteiger partial charge in [0.15, 0.2) is 0 Å². The van der Waals surface area contributed by atoms with E-state index in [1.54, 1.807) is 6.20 Å². The summed E-state index contributed by atoms with van der Waals surface area (Å²) in [6.07, 6.45) is 3.25. The van der Waals surface area contributed by atoms with Gasteiger partial charge in [0, 0.05) is 30.4 Å². The van der Waals surface area contributed by atoms with E-state index in [9.17, 15) is 4.79 Å². The molecule has 24 heavy (non-hydrogen) atoms. The van der Waals surface area contributed by atoms with E-state index in [4.69, 9.17) is 0 Å². The zero-order valence-electron chi connectivity index (χ0n) is 13.5. The SMILES string of the molecule is O=C(NCCc1ccccn1)c1ccccc1Cc1ccccc1. The van der Waals surface area contributed by atoms with E-state index < -0.39 is 0 Å². The Balaban J connectivity index is 1.64. The van der Waals surface area contributed by atoms with E-state index in [-0.39, 0.29) is 5.91 Å². The van der Waals surface area contributed by atoms with Crippen LogP contribution in [-0.4, -0.2) is 17.4 Å². The van der Waals surface area contributed by atoms with Crippen LogP contribution in [0.5, 0.6) is 0 Å². The molecule has 0 aliphatic rings. The van der Waals surface area contributed by atoms with Crippen LogP contribution in [0.1, 0.15) is 27.2 Å². The molecule has 0 saturated carbocycles. The Morgan fingerprint density at radius 3 is 2.42 bits per heavy atom. The van der Waals surface area contributed by atoms with Gasteiger partial charge in [0.05, 0.1) is 0 Å². The highest BCUT2D eigenvalue weighted by Gasteiger charge is 2.10. The van der Waals surface area contributed by atoms with Crippen LogP contribution < -0.4 is 5.32 Å². The Hall–Kier alpha value is -2.94. The molecule has 0 aliphatic carbocycles. The molecule has 0 atom stereocenters. The van der Waals surface area contributed by atoms with E-state index in [1.807, 2.05) is 60.7 Å². The van der Waals surface area contributed by atoms with Crippen molar-refractivity contribution in [3.63, 3.8) is 0 Å². The van der Waals surface area contributed by atoms with Gasteiger partial charge in [-0.25, -0.2) is 0 Å². The summed E-state index contributed by atoms with van der Waals surface area (Å²) < 4.78 is 0. The van der Waals surface area contributed by atoms with Crippen LogP contribution in [0.15, 0.2) is 79.0 Å². The minimum Gasteiger partial charge on any atom is -0.352 e. The number of amides is 1. The highest BCUT2D eigenvalue weighted by molar-refractivity contribution is 5.95. The molecule has 0 radical (unpaired) electrons. The van der Waals surface area contributed by atoms with E-state index in [0.29, 0.717) is 6.54 Å². The quantitative estimate of drug-likeness (QED) is 0.754. The van der Waals surface area contributed by atoms with Crippen molar-refractivity contribution in [3.05, 3.63) is 101 Å². The van der Waals surface area contributed by atoms with Crippen molar-refractivity contribution in [2.24, 2.45) is 0 Å². The Bertz CT molecular complexity index is 785. The summed E-state index contributed by atoms with van der Waals surface area (Å²) in [6.45, 7) is 0.579. The molecule has 120 valence electrons. The molecule has 0 unspecified atom stereocenters. The van der Waals surface area contributed by atoms with E-state index >= 15 is 0 Å². The highest BCUT2D eigenvalue weighted by atomic mass is 16.1. The van der Waals surface area contributed by atoms with Gasteiger partial charge in [0.1, 0.15) is 0 Å². The molecule has 0 aliphatic heterocycles. The minimum atomic E-state index is -0.0301. The van der Waals surface area contributed by atoms with Gasteiger partial charge >= 0.3 is 0 Å². The maximum Gasteiger partial charge on any atom is 0.251 e. The monoisotopic (exact) mass is 316 g/mol. The number of rotatable bonds is 6. The number of pyridine rings is 1. The molecule has 0 spiro atoms. The number of hydrogen-bond donors (Lipinski definition) is 1. The Kier molecular flexibility index (Phi) is 5.36. The molecule has 1 N–H and O–H groups in total. The van der Waals surface area contributed by atoms with Gasteiger partial charge in [-0.3, -0.25) is 9.78 Å². The Morgan fingerprint density at radius 1 is 0.875 bits per heavy atom. The van der Waals surface area contributed by atoms with Crippen LogP contribution in [0.3, 0.4) is 0 Å². The molecule has 3 nitrogen and oxygen atoms in total. The van der Waals surface area contributed by atoms with Crippen molar-refractivity contribution < 1.29 is 4.79 Å². The number of nitrogens with one attached hydrogen (secondary N) is 1. The molecule has 0 bridgehead atoms. The number of carbonyl (C=O) groups is 1. The van der Waals surface area contributed by atoms with Gasteiger partial charge in [-0.2, -0.15) is 0 Å². The second-order valence-corrected chi connectivity index (χ2v) is 5.65. The van der Waals surface area contributed by atoms with Crippen LogP contribution >= 0.6 is 0 Å². The zero-order valence-corrected chi connectivity index (χ0v) is 13.5. The molecular formula is C21H20N2O. The third-order valence-electron chi connectivity index (χ3n) is 3.89. The van der Waals surface area contributed by atoms with Gasteiger partial charge in [-0.05, 0) is 35.7 Å². The number of carbonyl (C=O) groups excluding carboxylic acids is 1. The van der Waals surface area contributed by atoms with Gasteiger partial charge in [-0.15, -0.1) is 0 Å². The summed E-state index contributed by atoms with van der Waals surface area (Å²) in [5, 5.41) is 2.99. The first kappa shape index (κ1) is 15.9. The third kappa shape index (κ3) is 4.29. The van der Waals surface area contributed by atoms with Crippen molar-refractivity contribution in [3.8, 4) is 0 Å². The zero-order chi connectivity index (χ0) is 16.6. The second-order valence-electron chi connectivity index (χ2n) is 5.65. The number of nitrogens with zero attached hydrogens (tertiary/aromatic N) is 1. The molecule has 0 saturated heterocycles. The van der Waals surface area contributed by atoms with Crippen molar-refractivity contribution >= 4 is 5.91 Å². The van der Waals surface area contributed by atoms with Crippen molar-refractivity contribution in [2.75, 3.05) is 6.54 Å². The summed E-state index contributed by atoms with van der Waals surface area (Å²) in [6, 6.07) is 23.8. The average Bonchev–Trinajstić information content (AvgIpc) is 2.64. The average molecular weight is 316 g/mol. The second kappa shape index (κ2) is 8.06. The molecule has 3 rings (SSSR count). The van der Waals surface area contributed by atoms with Crippen LogP contribution in [0.25, 0.3) is 0 Å². The van der Waals surface area contributed by atoms with Crippen molar-refractivity contribution in [1.82, 2.24) is 10.3 Å². The smallest absolute Gasteiger partial charge is 0.251 e. The summed E-state index contributed by atoms with van der Waals surface area (Å²) in [5.74, 6) is -0.0301. The van der Waals surface area contributed by atoms with Crippen LogP contribution in [0.2, 0.25) is 0 Å². The summed E-state index contributed by atoms with van der Waals surface area (Å²) in [4.78, 5) is 16.8. The topological polar surface area (TPSA) is 42.0 Å². The largest absolute Gasteiger partial charge is 0.352 e. The first-order valence-electron chi connectivity index (χ1n) is 8.13. The third-order valence-corrected chi connectivity index (χ3v) is 3.89. The van der Waals surface area contributed by atoms with Gasteiger partial charge < -0.3 is 5.32 Å². The first-order valence-corrected chi connectivity index (χ1v) is 8.13. The van der Waals surface area contributed by atoms with E-state index in [0.717, 1.165) is 29.7 Å². The normalized spacial score (nSPS) is 10.3. The van der Waals surface area contributed by atoms with Crippen molar-refractivity contribution in [2.45, 2.75) is 12.8 Å². The van der Waals surface area contributed by atoms with Crippen LogP contribution in [0, 0.1) is 0 Å². The number of hydrogen-bond acceptors (Lipinski definition) is 2. The lowest BCUT2D eigenvalue weighted by Crippen LogP contribution is -2.26. The fourth-order valence-electron chi connectivity index (χ4n) is 2.66. The summed E-state index contributed by atoms with van der Waals surface area (Å²) >= 11 is 0. The first-order chi connectivity index (χ1) is 11.8. The lowest BCUT2D eigenvalue weighted by atomic mass is 9.99. The predicted octanol–water partition coefficient (Wildman–Crippen LogP) is 3.64. The van der Waals surface area contributed by atoms with Crippen molar-refractivity contribution in [1.29, 1.82) is 0 Å². The molecule has 1 aromatic heterocycles. The maximum absolute atomic E-state index is 12.5. The Morgan fingerprint density at radius 2 is 1.62 bits per heavy atom. The highest BCUT2D eigenvalue weighted by Crippen LogP contribution is 2.14. The fourth-order valence-corrected chi connectivity index (χ4v) is 2.66. The van der Waals surface area contributed by atoms with E-state index in [2.05, 4.69) is 22.4 Å². The minimum absolute atomic E-state index is 0.0301. The predicted molar refractivity (Wildman–Crippen MR) is 96.0 cm³/mol. The van der Waals surface area contributed by atoms with E-state index in [1.165, 1.54) is 5.56 Å². The molecule has 3 heteroatoms. The van der Waals surface area contributed by atoms with Gasteiger partial charge in [0.2, 0.25) is 0 Å². The number of benzene rings is 2. The fraction of sp³-hybridized carbons (Fsp3) is 0.143. The summed E-state index contributed by atoms with van der Waals surface area (Å²) in [7, 11) is 0. The molecule has 1 amide bonds. The van der Waals surface area contributed by atoms with Crippen LogP contribution in [0.4, 0.5) is 0 Å². The summed E-state index contributed by atoms with van der Waals surface area (Å²) in [5.41, 5.74) is 3.96. The van der Waals surface area contributed by atoms with Gasteiger partial charge in [-0.1, -0.05) is 54.6 Å². The molecular weight excluding hydrogens is 296 g/mol.